The predicted molar refractivity (Wildman–Crippen MR) is 70.3 cm³/mol. The fourth-order valence-corrected chi connectivity index (χ4v) is 2.01. The van der Waals surface area contributed by atoms with E-state index >= 15 is 0 Å². The number of allylic oxidation sites excluding steroid dienone is 4. The molecule has 0 bridgehead atoms. The van der Waals surface area contributed by atoms with Gasteiger partial charge >= 0.3 is 0 Å². The maximum Gasteiger partial charge on any atom is 0.0802 e. The standard InChI is InChI=1S/C15H24O/c1-12(2)14-8-7-13(3)6-5-10-15(4,16)11-9-14/h6,9,11,14,16H,1,5,7-8,10H2,2-4H3/b11-9+,13-6+/t14-,15-/m1/s1. The highest BCUT2D eigenvalue weighted by atomic mass is 16.3. The second kappa shape index (κ2) is 5.49. The monoisotopic (exact) mass is 220 g/mol. The zero-order valence-corrected chi connectivity index (χ0v) is 10.8. The Bertz CT molecular complexity index is 307. The molecule has 1 aliphatic carbocycles. The van der Waals surface area contributed by atoms with Crippen molar-refractivity contribution in [3.8, 4) is 0 Å². The summed E-state index contributed by atoms with van der Waals surface area (Å²) in [7, 11) is 0. The Labute approximate surface area is 99.6 Å². The van der Waals surface area contributed by atoms with Crippen LogP contribution in [0.3, 0.4) is 0 Å². The first kappa shape index (κ1) is 13.2. The lowest BCUT2D eigenvalue weighted by Crippen LogP contribution is -2.21. The maximum atomic E-state index is 10.1. The highest BCUT2D eigenvalue weighted by Crippen LogP contribution is 2.25. The van der Waals surface area contributed by atoms with E-state index in [1.165, 1.54) is 11.1 Å². The highest BCUT2D eigenvalue weighted by Gasteiger charge is 2.17. The van der Waals surface area contributed by atoms with Gasteiger partial charge in [-0.2, -0.15) is 0 Å². The van der Waals surface area contributed by atoms with E-state index in [2.05, 4.69) is 32.6 Å². The second-order valence-corrected chi connectivity index (χ2v) is 5.30. The minimum absolute atomic E-state index is 0.396. The van der Waals surface area contributed by atoms with E-state index < -0.39 is 5.60 Å². The fourth-order valence-electron chi connectivity index (χ4n) is 2.01. The smallest absolute Gasteiger partial charge is 0.0802 e. The Morgan fingerprint density at radius 3 is 2.88 bits per heavy atom. The molecule has 0 saturated carbocycles. The number of aliphatic hydroxyl groups is 1. The molecule has 0 amide bonds. The van der Waals surface area contributed by atoms with Crippen LogP contribution in [0.1, 0.15) is 46.5 Å². The van der Waals surface area contributed by atoms with Crippen LogP contribution >= 0.6 is 0 Å². The molecule has 1 nitrogen and oxygen atoms in total. The fraction of sp³-hybridized carbons (Fsp3) is 0.600. The van der Waals surface area contributed by atoms with Crippen molar-refractivity contribution in [3.63, 3.8) is 0 Å². The van der Waals surface area contributed by atoms with E-state index in [1.807, 2.05) is 13.0 Å². The molecule has 0 radical (unpaired) electrons. The molecule has 0 aromatic heterocycles. The molecule has 0 aromatic rings. The SMILES string of the molecule is C=C(C)[C@H]1/C=C/[C@](C)(O)CC/C=C(\C)CC1. The summed E-state index contributed by atoms with van der Waals surface area (Å²) in [5, 5.41) is 10.1. The van der Waals surface area contributed by atoms with Gasteiger partial charge in [0.25, 0.3) is 0 Å². The molecule has 90 valence electrons. The van der Waals surface area contributed by atoms with E-state index in [4.69, 9.17) is 0 Å². The zero-order valence-electron chi connectivity index (χ0n) is 10.8. The summed E-state index contributed by atoms with van der Waals surface area (Å²) in [5.41, 5.74) is 1.93. The predicted octanol–water partition coefficient (Wildman–Crippen LogP) is 4.01. The van der Waals surface area contributed by atoms with Gasteiger partial charge in [-0.1, -0.05) is 36.0 Å². The maximum absolute atomic E-state index is 10.1. The zero-order chi connectivity index (χ0) is 12.2. The van der Waals surface area contributed by atoms with E-state index in [1.54, 1.807) is 0 Å². The van der Waals surface area contributed by atoms with Gasteiger partial charge in [-0.05, 0) is 52.4 Å². The van der Waals surface area contributed by atoms with Crippen molar-refractivity contribution >= 4 is 0 Å². The van der Waals surface area contributed by atoms with Crippen LogP contribution in [-0.4, -0.2) is 10.7 Å². The molecule has 1 aliphatic rings. The van der Waals surface area contributed by atoms with Crippen molar-refractivity contribution in [2.45, 2.75) is 52.1 Å². The summed E-state index contributed by atoms with van der Waals surface area (Å²) in [6.45, 7) is 10.1. The van der Waals surface area contributed by atoms with Gasteiger partial charge in [-0.15, -0.1) is 0 Å². The molecule has 0 fully saturated rings. The number of rotatable bonds is 1. The Morgan fingerprint density at radius 2 is 2.25 bits per heavy atom. The van der Waals surface area contributed by atoms with E-state index in [0.29, 0.717) is 5.92 Å². The lowest BCUT2D eigenvalue weighted by atomic mass is 9.89. The molecular weight excluding hydrogens is 196 g/mol. The minimum atomic E-state index is -0.679. The number of hydrogen-bond donors (Lipinski definition) is 1. The van der Waals surface area contributed by atoms with Gasteiger partial charge < -0.3 is 5.11 Å². The summed E-state index contributed by atoms with van der Waals surface area (Å²) in [4.78, 5) is 0. The van der Waals surface area contributed by atoms with Crippen molar-refractivity contribution in [2.75, 3.05) is 0 Å². The normalized spacial score (nSPS) is 37.2. The third kappa shape index (κ3) is 4.36. The summed E-state index contributed by atoms with van der Waals surface area (Å²) in [5.74, 6) is 0.396. The van der Waals surface area contributed by atoms with Gasteiger partial charge in [0.05, 0.1) is 5.60 Å². The molecule has 1 N–H and O–H groups in total. The molecule has 2 atom stereocenters. The lowest BCUT2D eigenvalue weighted by Gasteiger charge is -2.22. The van der Waals surface area contributed by atoms with Crippen LogP contribution in [0.5, 0.6) is 0 Å². The Hall–Kier alpha value is -0.820. The van der Waals surface area contributed by atoms with Crippen molar-refractivity contribution in [1.82, 2.24) is 0 Å². The molecular formula is C15H24O. The van der Waals surface area contributed by atoms with Crippen LogP contribution in [0.15, 0.2) is 36.0 Å². The van der Waals surface area contributed by atoms with Gasteiger partial charge in [0, 0.05) is 0 Å². The van der Waals surface area contributed by atoms with Gasteiger partial charge in [0.1, 0.15) is 0 Å². The molecule has 16 heavy (non-hydrogen) atoms. The second-order valence-electron chi connectivity index (χ2n) is 5.30. The van der Waals surface area contributed by atoms with Crippen molar-refractivity contribution < 1.29 is 5.11 Å². The van der Waals surface area contributed by atoms with Crippen LogP contribution in [-0.2, 0) is 0 Å². The third-order valence-electron chi connectivity index (χ3n) is 3.31. The summed E-state index contributed by atoms with van der Waals surface area (Å²) < 4.78 is 0. The van der Waals surface area contributed by atoms with Crippen molar-refractivity contribution in [1.29, 1.82) is 0 Å². The van der Waals surface area contributed by atoms with Crippen LogP contribution in [0.2, 0.25) is 0 Å². The van der Waals surface area contributed by atoms with Gasteiger partial charge in [-0.25, -0.2) is 0 Å². The molecule has 0 heterocycles. The molecule has 0 aliphatic heterocycles. The molecule has 0 aromatic carbocycles. The number of hydrogen-bond acceptors (Lipinski definition) is 1. The van der Waals surface area contributed by atoms with Crippen LogP contribution in [0.25, 0.3) is 0 Å². The first-order valence-electron chi connectivity index (χ1n) is 6.13. The molecule has 1 rings (SSSR count). The highest BCUT2D eigenvalue weighted by molar-refractivity contribution is 5.13. The topological polar surface area (TPSA) is 20.2 Å². The van der Waals surface area contributed by atoms with Gasteiger partial charge in [-0.3, -0.25) is 0 Å². The summed E-state index contributed by atoms with van der Waals surface area (Å²) >= 11 is 0. The van der Waals surface area contributed by atoms with Gasteiger partial charge in [0.2, 0.25) is 0 Å². The van der Waals surface area contributed by atoms with Crippen molar-refractivity contribution in [3.05, 3.63) is 36.0 Å². The molecule has 1 heteroatoms. The summed E-state index contributed by atoms with van der Waals surface area (Å²) in [6.07, 6.45) is 10.3. The Kier molecular flexibility index (Phi) is 4.55. The molecule has 0 spiro atoms. The minimum Gasteiger partial charge on any atom is -0.386 e. The van der Waals surface area contributed by atoms with E-state index in [9.17, 15) is 5.11 Å². The van der Waals surface area contributed by atoms with Crippen LogP contribution in [0, 0.1) is 5.92 Å². The van der Waals surface area contributed by atoms with Gasteiger partial charge in [0.15, 0.2) is 0 Å². The average molecular weight is 220 g/mol. The van der Waals surface area contributed by atoms with E-state index in [-0.39, 0.29) is 0 Å². The largest absolute Gasteiger partial charge is 0.386 e. The molecule has 0 unspecified atom stereocenters. The Morgan fingerprint density at radius 1 is 1.56 bits per heavy atom. The lowest BCUT2D eigenvalue weighted by molar-refractivity contribution is 0.102. The van der Waals surface area contributed by atoms with E-state index in [0.717, 1.165) is 25.7 Å². The third-order valence-corrected chi connectivity index (χ3v) is 3.31. The molecule has 0 saturated heterocycles. The average Bonchev–Trinajstić information content (AvgIpc) is 2.16. The first-order chi connectivity index (χ1) is 7.41. The summed E-state index contributed by atoms with van der Waals surface area (Å²) in [6, 6.07) is 0. The Balaban J connectivity index is 2.83. The quantitative estimate of drug-likeness (QED) is 0.662. The first-order valence-corrected chi connectivity index (χ1v) is 6.13. The van der Waals surface area contributed by atoms with Crippen molar-refractivity contribution in [2.24, 2.45) is 5.92 Å². The van der Waals surface area contributed by atoms with Crippen LogP contribution < -0.4 is 0 Å². The van der Waals surface area contributed by atoms with Crippen LogP contribution in [0.4, 0.5) is 0 Å².